The summed E-state index contributed by atoms with van der Waals surface area (Å²) in [6.07, 6.45) is 1.81. The van der Waals surface area contributed by atoms with Gasteiger partial charge in [0.05, 0.1) is 24.9 Å². The van der Waals surface area contributed by atoms with Gasteiger partial charge in [0.2, 0.25) is 0 Å². The molecule has 1 N–H and O–H groups in total. The minimum absolute atomic E-state index is 0.0504. The topological polar surface area (TPSA) is 64.4 Å². The molecule has 142 valence electrons. The van der Waals surface area contributed by atoms with Gasteiger partial charge in [-0.15, -0.1) is 0 Å². The molecule has 0 aliphatic carbocycles. The number of ether oxygens (including phenoxy) is 1. The van der Waals surface area contributed by atoms with E-state index in [1.165, 1.54) is 0 Å². The summed E-state index contributed by atoms with van der Waals surface area (Å²) < 4.78 is 11.2. The largest absolute Gasteiger partial charge is 0.462 e. The Kier molecular flexibility index (Phi) is 5.91. The zero-order valence-corrected chi connectivity index (χ0v) is 16.3. The van der Waals surface area contributed by atoms with Gasteiger partial charge in [-0.1, -0.05) is 38.1 Å². The number of esters is 1. The Morgan fingerprint density at radius 2 is 2.00 bits per heavy atom. The van der Waals surface area contributed by atoms with E-state index in [2.05, 4.69) is 37.1 Å². The highest BCUT2D eigenvalue weighted by atomic mass is 16.5. The number of hydrogen-bond acceptors (Lipinski definition) is 5. The number of para-hydroxylation sites is 1. The summed E-state index contributed by atoms with van der Waals surface area (Å²) in [6, 6.07) is 11.6. The number of pyridine rings is 1. The van der Waals surface area contributed by atoms with Crippen molar-refractivity contribution in [3.63, 3.8) is 0 Å². The molecule has 0 bridgehead atoms. The molecule has 2 aromatic heterocycles. The summed E-state index contributed by atoms with van der Waals surface area (Å²) in [5.74, 6) is 0.567. The maximum Gasteiger partial charge on any atom is 0.342 e. The lowest BCUT2D eigenvalue weighted by molar-refractivity contribution is 0.0525. The Bertz CT molecular complexity index is 930. The van der Waals surface area contributed by atoms with Crippen molar-refractivity contribution < 1.29 is 13.9 Å². The fourth-order valence-electron chi connectivity index (χ4n) is 3.32. The minimum Gasteiger partial charge on any atom is -0.462 e. The maximum absolute atomic E-state index is 12.5. The molecule has 0 amide bonds. The SMILES string of the molecule is CCOC(=O)c1c(CNC(c2ncccc2C)C(C)C)oc2ccccc12. The molecular weight excluding hydrogens is 340 g/mol. The van der Waals surface area contributed by atoms with Gasteiger partial charge in [-0.25, -0.2) is 4.79 Å². The summed E-state index contributed by atoms with van der Waals surface area (Å²) in [4.78, 5) is 17.1. The van der Waals surface area contributed by atoms with Crippen LogP contribution < -0.4 is 5.32 Å². The average Bonchev–Trinajstić information content (AvgIpc) is 3.01. The van der Waals surface area contributed by atoms with Crippen LogP contribution in [0.5, 0.6) is 0 Å². The molecule has 5 heteroatoms. The molecular formula is C22H26N2O3. The van der Waals surface area contributed by atoms with Crippen LogP contribution in [0.25, 0.3) is 11.0 Å². The van der Waals surface area contributed by atoms with Crippen LogP contribution in [0.1, 0.15) is 54.2 Å². The first-order chi connectivity index (χ1) is 13.0. The first-order valence-electron chi connectivity index (χ1n) is 9.35. The van der Waals surface area contributed by atoms with Crippen molar-refractivity contribution in [2.75, 3.05) is 6.61 Å². The second-order valence-electron chi connectivity index (χ2n) is 6.92. The summed E-state index contributed by atoms with van der Waals surface area (Å²) in [7, 11) is 0. The number of aryl methyl sites for hydroxylation is 1. The van der Waals surface area contributed by atoms with Gasteiger partial charge < -0.3 is 14.5 Å². The van der Waals surface area contributed by atoms with Gasteiger partial charge in [-0.2, -0.15) is 0 Å². The predicted molar refractivity (Wildman–Crippen MR) is 106 cm³/mol. The predicted octanol–water partition coefficient (Wildman–Crippen LogP) is 4.80. The van der Waals surface area contributed by atoms with Crippen molar-refractivity contribution >= 4 is 16.9 Å². The van der Waals surface area contributed by atoms with E-state index in [-0.39, 0.29) is 12.0 Å². The van der Waals surface area contributed by atoms with Gasteiger partial charge in [-0.3, -0.25) is 4.98 Å². The van der Waals surface area contributed by atoms with Crippen molar-refractivity contribution in [1.82, 2.24) is 10.3 Å². The molecule has 0 aliphatic heterocycles. The number of carbonyl (C=O) groups excluding carboxylic acids is 1. The van der Waals surface area contributed by atoms with Crippen LogP contribution in [0.2, 0.25) is 0 Å². The highest BCUT2D eigenvalue weighted by Gasteiger charge is 2.24. The fraction of sp³-hybridized carbons (Fsp3) is 0.364. The standard InChI is InChI=1S/C22H26N2O3/c1-5-26-22(25)19-16-10-6-7-11-17(16)27-18(19)13-24-20(14(2)3)21-15(4)9-8-12-23-21/h6-12,14,20,24H,5,13H2,1-4H3. The van der Waals surface area contributed by atoms with E-state index in [1.54, 1.807) is 6.92 Å². The van der Waals surface area contributed by atoms with Crippen LogP contribution in [0.3, 0.4) is 0 Å². The molecule has 0 saturated carbocycles. The lowest BCUT2D eigenvalue weighted by atomic mass is 9.97. The van der Waals surface area contributed by atoms with Crippen LogP contribution in [-0.2, 0) is 11.3 Å². The number of furan rings is 1. The zero-order chi connectivity index (χ0) is 19.4. The third-order valence-electron chi connectivity index (χ3n) is 4.64. The van der Waals surface area contributed by atoms with Crippen molar-refractivity contribution in [2.24, 2.45) is 5.92 Å². The number of nitrogens with zero attached hydrogens (tertiary/aromatic N) is 1. The number of hydrogen-bond donors (Lipinski definition) is 1. The molecule has 1 unspecified atom stereocenters. The molecule has 0 radical (unpaired) electrons. The number of carbonyl (C=O) groups is 1. The van der Waals surface area contributed by atoms with Gasteiger partial charge in [0.1, 0.15) is 16.9 Å². The number of rotatable bonds is 7. The molecule has 1 aromatic carbocycles. The van der Waals surface area contributed by atoms with E-state index in [1.807, 2.05) is 36.5 Å². The lowest BCUT2D eigenvalue weighted by Crippen LogP contribution is -2.27. The van der Waals surface area contributed by atoms with E-state index in [0.29, 0.717) is 36.0 Å². The quantitative estimate of drug-likeness (QED) is 0.609. The van der Waals surface area contributed by atoms with Crippen LogP contribution in [-0.4, -0.2) is 17.6 Å². The number of aromatic nitrogens is 1. The third kappa shape index (κ3) is 4.03. The molecule has 27 heavy (non-hydrogen) atoms. The van der Waals surface area contributed by atoms with Crippen LogP contribution in [0.4, 0.5) is 0 Å². The summed E-state index contributed by atoms with van der Waals surface area (Å²) in [6.45, 7) is 8.91. The molecule has 3 rings (SSSR count). The molecule has 2 heterocycles. The van der Waals surface area contributed by atoms with Gasteiger partial charge >= 0.3 is 5.97 Å². The molecule has 1 atom stereocenters. The summed E-state index contributed by atoms with van der Waals surface area (Å²) in [5, 5.41) is 4.31. The second kappa shape index (κ2) is 8.35. The van der Waals surface area contributed by atoms with E-state index in [9.17, 15) is 4.79 Å². The van der Waals surface area contributed by atoms with E-state index in [0.717, 1.165) is 16.6 Å². The average molecular weight is 366 g/mol. The van der Waals surface area contributed by atoms with Crippen molar-refractivity contribution in [2.45, 2.75) is 40.3 Å². The van der Waals surface area contributed by atoms with Gasteiger partial charge in [0, 0.05) is 11.6 Å². The van der Waals surface area contributed by atoms with E-state index >= 15 is 0 Å². The fourth-order valence-corrected chi connectivity index (χ4v) is 3.32. The lowest BCUT2D eigenvalue weighted by Gasteiger charge is -2.23. The molecule has 0 aliphatic rings. The first-order valence-corrected chi connectivity index (χ1v) is 9.35. The van der Waals surface area contributed by atoms with Crippen molar-refractivity contribution in [3.05, 3.63) is 65.2 Å². The highest BCUT2D eigenvalue weighted by molar-refractivity contribution is 6.04. The second-order valence-corrected chi connectivity index (χ2v) is 6.92. The molecule has 0 fully saturated rings. The minimum atomic E-state index is -0.352. The monoisotopic (exact) mass is 366 g/mol. The van der Waals surface area contributed by atoms with Gasteiger partial charge in [0.15, 0.2) is 0 Å². The normalized spacial score (nSPS) is 12.5. The zero-order valence-electron chi connectivity index (χ0n) is 16.3. The Morgan fingerprint density at radius 3 is 2.70 bits per heavy atom. The van der Waals surface area contributed by atoms with Gasteiger partial charge in [0.25, 0.3) is 0 Å². The first kappa shape index (κ1) is 19.1. The highest BCUT2D eigenvalue weighted by Crippen LogP contribution is 2.28. The van der Waals surface area contributed by atoms with Gasteiger partial charge in [-0.05, 0) is 37.5 Å². The third-order valence-corrected chi connectivity index (χ3v) is 4.64. The molecule has 5 nitrogen and oxygen atoms in total. The Morgan fingerprint density at radius 1 is 1.22 bits per heavy atom. The van der Waals surface area contributed by atoms with Crippen molar-refractivity contribution in [3.8, 4) is 0 Å². The molecule has 0 spiro atoms. The number of nitrogens with one attached hydrogen (secondary N) is 1. The van der Waals surface area contributed by atoms with E-state index in [4.69, 9.17) is 9.15 Å². The van der Waals surface area contributed by atoms with Crippen LogP contribution >= 0.6 is 0 Å². The number of benzene rings is 1. The summed E-state index contributed by atoms with van der Waals surface area (Å²) in [5.41, 5.74) is 3.34. The smallest absolute Gasteiger partial charge is 0.342 e. The Hall–Kier alpha value is -2.66. The Balaban J connectivity index is 1.92. The van der Waals surface area contributed by atoms with Crippen LogP contribution in [0.15, 0.2) is 47.0 Å². The Labute approximate surface area is 159 Å². The maximum atomic E-state index is 12.5. The number of fused-ring (bicyclic) bond motifs is 1. The summed E-state index contributed by atoms with van der Waals surface area (Å²) >= 11 is 0. The van der Waals surface area contributed by atoms with E-state index < -0.39 is 0 Å². The van der Waals surface area contributed by atoms with Crippen molar-refractivity contribution in [1.29, 1.82) is 0 Å². The molecule has 3 aromatic rings. The molecule has 0 saturated heterocycles. The van der Waals surface area contributed by atoms with Crippen LogP contribution in [0, 0.1) is 12.8 Å².